The van der Waals surface area contributed by atoms with Gasteiger partial charge in [0.05, 0.1) is 4.91 Å². The fourth-order valence-corrected chi connectivity index (χ4v) is 2.86. The van der Waals surface area contributed by atoms with Crippen molar-refractivity contribution in [3.63, 3.8) is 0 Å². The van der Waals surface area contributed by atoms with E-state index < -0.39 is 11.1 Å². The summed E-state index contributed by atoms with van der Waals surface area (Å²) in [6.07, 6.45) is 7.03. The van der Waals surface area contributed by atoms with Crippen molar-refractivity contribution < 1.29 is 14.4 Å². The highest BCUT2D eigenvalue weighted by Crippen LogP contribution is 2.30. The largest absolute Gasteiger partial charge is 0.355 e. The molecule has 1 saturated heterocycles. The number of imide groups is 1. The summed E-state index contributed by atoms with van der Waals surface area (Å²) < 4.78 is 0. The molecule has 0 spiro atoms. The van der Waals surface area contributed by atoms with Crippen molar-refractivity contribution in [1.29, 1.82) is 0 Å². The Balaban J connectivity index is 1.94. The smallest absolute Gasteiger partial charge is 0.294 e. The molecule has 0 aliphatic carbocycles. The Kier molecular flexibility index (Phi) is 6.81. The van der Waals surface area contributed by atoms with Crippen LogP contribution in [0.2, 0.25) is 0 Å². The van der Waals surface area contributed by atoms with Crippen LogP contribution in [-0.4, -0.2) is 35.0 Å². The minimum absolute atomic E-state index is 0.228. The molecule has 1 aliphatic rings. The van der Waals surface area contributed by atoms with Gasteiger partial charge in [-0.2, -0.15) is 0 Å². The number of hydrogen-bond donors (Lipinski definition) is 1. The summed E-state index contributed by atoms with van der Waals surface area (Å²) in [5.74, 6) is -0.736. The van der Waals surface area contributed by atoms with Gasteiger partial charge in [0, 0.05) is 6.54 Å². The van der Waals surface area contributed by atoms with Gasteiger partial charge in [0.15, 0.2) is 0 Å². The Morgan fingerprint density at radius 3 is 2.71 bits per heavy atom. The van der Waals surface area contributed by atoms with E-state index in [1.807, 2.05) is 43.3 Å². The van der Waals surface area contributed by atoms with E-state index in [4.69, 9.17) is 0 Å². The van der Waals surface area contributed by atoms with Crippen LogP contribution in [0.4, 0.5) is 4.79 Å². The summed E-state index contributed by atoms with van der Waals surface area (Å²) in [4.78, 5) is 37.2. The van der Waals surface area contributed by atoms with Crippen LogP contribution in [0, 0.1) is 0 Å². The molecule has 0 unspecified atom stereocenters. The Bertz CT molecular complexity index is 668. The van der Waals surface area contributed by atoms with Crippen LogP contribution in [0.5, 0.6) is 0 Å². The van der Waals surface area contributed by atoms with E-state index in [1.165, 1.54) is 0 Å². The van der Waals surface area contributed by atoms with Gasteiger partial charge in [-0.05, 0) is 29.8 Å². The quantitative estimate of drug-likeness (QED) is 0.609. The number of nitrogens with zero attached hydrogens (tertiary/aromatic N) is 1. The second kappa shape index (κ2) is 9.08. The number of hydrogen-bond acceptors (Lipinski definition) is 4. The predicted molar refractivity (Wildman–Crippen MR) is 96.2 cm³/mol. The molecular weight excluding hydrogens is 324 g/mol. The SMILES string of the molecule is CCCCNC(=O)CN1C(=O)S/C(=C\C=C\c2ccccc2)C1=O. The average molecular weight is 344 g/mol. The number of benzene rings is 1. The van der Waals surface area contributed by atoms with E-state index in [-0.39, 0.29) is 12.5 Å². The van der Waals surface area contributed by atoms with Gasteiger partial charge in [-0.25, -0.2) is 0 Å². The summed E-state index contributed by atoms with van der Waals surface area (Å²) >= 11 is 0.855. The third-order valence-electron chi connectivity index (χ3n) is 3.36. The van der Waals surface area contributed by atoms with Crippen molar-refractivity contribution in [2.45, 2.75) is 19.8 Å². The van der Waals surface area contributed by atoms with Crippen molar-refractivity contribution in [1.82, 2.24) is 10.2 Å². The third kappa shape index (κ3) is 5.09. The molecule has 1 fully saturated rings. The number of rotatable bonds is 7. The lowest BCUT2D eigenvalue weighted by Crippen LogP contribution is -2.39. The van der Waals surface area contributed by atoms with Crippen LogP contribution < -0.4 is 5.32 Å². The minimum Gasteiger partial charge on any atom is -0.355 e. The first-order valence-electron chi connectivity index (χ1n) is 7.85. The molecule has 1 aromatic rings. The highest BCUT2D eigenvalue weighted by atomic mass is 32.2. The van der Waals surface area contributed by atoms with Crippen LogP contribution in [0.3, 0.4) is 0 Å². The maximum Gasteiger partial charge on any atom is 0.294 e. The lowest BCUT2D eigenvalue weighted by Gasteiger charge is -2.12. The number of unbranched alkanes of at least 4 members (excludes halogenated alkanes) is 1. The first-order chi connectivity index (χ1) is 11.6. The predicted octanol–water partition coefficient (Wildman–Crippen LogP) is 3.20. The van der Waals surface area contributed by atoms with Gasteiger partial charge < -0.3 is 5.32 Å². The maximum atomic E-state index is 12.2. The molecule has 1 heterocycles. The monoisotopic (exact) mass is 344 g/mol. The van der Waals surface area contributed by atoms with Gasteiger partial charge in [-0.3, -0.25) is 19.3 Å². The first-order valence-corrected chi connectivity index (χ1v) is 8.67. The van der Waals surface area contributed by atoms with Gasteiger partial charge in [0.25, 0.3) is 11.1 Å². The Labute approximate surface area is 145 Å². The number of amides is 3. The zero-order valence-electron chi connectivity index (χ0n) is 13.5. The maximum absolute atomic E-state index is 12.2. The van der Waals surface area contributed by atoms with Crippen LogP contribution in [-0.2, 0) is 9.59 Å². The van der Waals surface area contributed by atoms with Crippen molar-refractivity contribution >= 4 is 34.9 Å². The Morgan fingerprint density at radius 1 is 1.25 bits per heavy atom. The molecule has 0 saturated carbocycles. The van der Waals surface area contributed by atoms with E-state index in [1.54, 1.807) is 12.2 Å². The van der Waals surface area contributed by atoms with Crippen LogP contribution in [0.1, 0.15) is 25.3 Å². The van der Waals surface area contributed by atoms with Crippen molar-refractivity contribution in [3.8, 4) is 0 Å². The van der Waals surface area contributed by atoms with Gasteiger partial charge in [-0.15, -0.1) is 0 Å². The molecule has 6 heteroatoms. The molecular formula is C18H20N2O3S. The van der Waals surface area contributed by atoms with Crippen molar-refractivity contribution in [2.75, 3.05) is 13.1 Å². The normalized spacial score (nSPS) is 16.4. The van der Waals surface area contributed by atoms with E-state index in [0.717, 1.165) is 35.1 Å². The van der Waals surface area contributed by atoms with Crippen LogP contribution >= 0.6 is 11.8 Å². The molecule has 24 heavy (non-hydrogen) atoms. The second-order valence-electron chi connectivity index (χ2n) is 5.26. The lowest BCUT2D eigenvalue weighted by molar-refractivity contribution is -0.129. The topological polar surface area (TPSA) is 66.5 Å². The van der Waals surface area contributed by atoms with Gasteiger partial charge >= 0.3 is 0 Å². The zero-order valence-corrected chi connectivity index (χ0v) is 14.3. The number of carbonyl (C=O) groups excluding carboxylic acids is 3. The summed E-state index contributed by atoms with van der Waals surface area (Å²) in [5.41, 5.74) is 1.00. The average Bonchev–Trinajstić information content (AvgIpc) is 2.84. The molecule has 1 N–H and O–H groups in total. The molecule has 1 aliphatic heterocycles. The number of thioether (sulfide) groups is 1. The molecule has 2 rings (SSSR count). The van der Waals surface area contributed by atoms with E-state index in [9.17, 15) is 14.4 Å². The second-order valence-corrected chi connectivity index (χ2v) is 6.26. The van der Waals surface area contributed by atoms with Gasteiger partial charge in [0.2, 0.25) is 5.91 Å². The minimum atomic E-state index is -0.423. The van der Waals surface area contributed by atoms with E-state index >= 15 is 0 Å². The summed E-state index contributed by atoms with van der Waals surface area (Å²) in [6.45, 7) is 2.35. The van der Waals surface area contributed by atoms with Gasteiger partial charge in [0.1, 0.15) is 6.54 Å². The van der Waals surface area contributed by atoms with Crippen LogP contribution in [0.25, 0.3) is 6.08 Å². The van der Waals surface area contributed by atoms with Crippen molar-refractivity contribution in [2.24, 2.45) is 0 Å². The fourth-order valence-electron chi connectivity index (χ4n) is 2.07. The van der Waals surface area contributed by atoms with E-state index in [2.05, 4.69) is 5.32 Å². The molecule has 0 atom stereocenters. The Hall–Kier alpha value is -2.34. The highest BCUT2D eigenvalue weighted by Gasteiger charge is 2.35. The molecule has 126 valence electrons. The molecule has 0 aromatic heterocycles. The van der Waals surface area contributed by atoms with Crippen LogP contribution in [0.15, 0.2) is 47.4 Å². The summed E-state index contributed by atoms with van der Waals surface area (Å²) in [5, 5.41) is 2.29. The van der Waals surface area contributed by atoms with Crippen molar-refractivity contribution in [3.05, 3.63) is 53.0 Å². The summed E-state index contributed by atoms with van der Waals surface area (Å²) in [7, 11) is 0. The first kappa shape index (κ1) is 18.0. The third-order valence-corrected chi connectivity index (χ3v) is 4.29. The highest BCUT2D eigenvalue weighted by molar-refractivity contribution is 8.18. The summed E-state index contributed by atoms with van der Waals surface area (Å²) in [6, 6.07) is 9.65. The zero-order chi connectivity index (χ0) is 17.4. The van der Waals surface area contributed by atoms with E-state index in [0.29, 0.717) is 11.4 Å². The number of carbonyl (C=O) groups is 3. The molecule has 3 amide bonds. The van der Waals surface area contributed by atoms with Gasteiger partial charge in [-0.1, -0.05) is 55.8 Å². The number of allylic oxidation sites excluding steroid dienone is 2. The lowest BCUT2D eigenvalue weighted by atomic mass is 10.2. The fraction of sp³-hybridized carbons (Fsp3) is 0.278. The molecule has 5 nitrogen and oxygen atoms in total. The number of nitrogens with one attached hydrogen (secondary N) is 1. The Morgan fingerprint density at radius 2 is 2.00 bits per heavy atom. The standard InChI is InChI=1S/C18H20N2O3S/c1-2-3-12-19-16(21)13-20-17(22)15(24-18(20)23)11-7-10-14-8-5-4-6-9-14/h4-11H,2-3,12-13H2,1H3,(H,19,21)/b10-7+,15-11-. The molecule has 1 aromatic carbocycles. The molecule has 0 radical (unpaired) electrons. The molecule has 0 bridgehead atoms.